The Morgan fingerprint density at radius 2 is 2.18 bits per heavy atom. The summed E-state index contributed by atoms with van der Waals surface area (Å²) in [4.78, 5) is 8.97. The lowest BCUT2D eigenvalue weighted by Crippen LogP contribution is -2.12. The molecule has 0 fully saturated rings. The van der Waals surface area contributed by atoms with Crippen LogP contribution in [0.25, 0.3) is 10.9 Å². The number of hydrogen-bond donors (Lipinski definition) is 1. The summed E-state index contributed by atoms with van der Waals surface area (Å²) >= 11 is 0. The van der Waals surface area contributed by atoms with Crippen molar-refractivity contribution in [3.8, 4) is 18.4 Å². The molecule has 2 heterocycles. The van der Waals surface area contributed by atoms with Crippen LogP contribution < -0.4 is 5.32 Å². The number of aromatic nitrogens is 2. The maximum atomic E-state index is 9.12. The van der Waals surface area contributed by atoms with Gasteiger partial charge >= 0.3 is 0 Å². The van der Waals surface area contributed by atoms with Gasteiger partial charge in [0.15, 0.2) is 0 Å². The molecule has 1 aromatic heterocycles. The zero-order chi connectivity index (χ0) is 19.5. The van der Waals surface area contributed by atoms with Crippen molar-refractivity contribution in [2.24, 2.45) is 5.10 Å². The molecule has 0 aliphatic carbocycles. The molecule has 2 aromatic carbocycles. The number of likely N-dealkylation sites (N-methyl/N-ethyl adjacent to an activating group) is 1. The highest BCUT2D eigenvalue weighted by Crippen LogP contribution is 2.26. The molecule has 0 amide bonds. The molecule has 1 unspecified atom stereocenters. The van der Waals surface area contributed by atoms with Gasteiger partial charge in [0, 0.05) is 48.6 Å². The van der Waals surface area contributed by atoms with E-state index < -0.39 is 0 Å². The van der Waals surface area contributed by atoms with E-state index in [2.05, 4.69) is 44.5 Å². The molecule has 1 aliphatic heterocycles. The predicted octanol–water partition coefficient (Wildman–Crippen LogP) is 3.44. The Morgan fingerprint density at radius 1 is 1.29 bits per heavy atom. The minimum atomic E-state index is 0.198. The number of hydrazone groups is 1. The summed E-state index contributed by atoms with van der Waals surface area (Å²) in [6.45, 7) is 0.819. The van der Waals surface area contributed by atoms with E-state index in [0.717, 1.165) is 39.8 Å². The third-order valence-electron chi connectivity index (χ3n) is 4.63. The number of rotatable bonds is 4. The fraction of sp³-hybridized carbons (Fsp3) is 0.182. The van der Waals surface area contributed by atoms with Crippen molar-refractivity contribution in [2.75, 3.05) is 18.9 Å². The first kappa shape index (κ1) is 17.5. The summed E-state index contributed by atoms with van der Waals surface area (Å²) < 4.78 is 0. The SMILES string of the molecule is C#Cc1ccc2nc(Nc3cc(CC#N)cc(C4C=NN(C)C4)c3)ncc2c1. The number of hydrogen-bond acceptors (Lipinski definition) is 6. The largest absolute Gasteiger partial charge is 0.324 e. The summed E-state index contributed by atoms with van der Waals surface area (Å²) in [5.74, 6) is 3.31. The lowest BCUT2D eigenvalue weighted by atomic mass is 9.97. The number of terminal acetylenes is 1. The van der Waals surface area contributed by atoms with E-state index >= 15 is 0 Å². The molecule has 6 nitrogen and oxygen atoms in total. The molecule has 136 valence electrons. The average Bonchev–Trinajstić information content (AvgIpc) is 3.14. The molecule has 0 bridgehead atoms. The maximum absolute atomic E-state index is 9.12. The van der Waals surface area contributed by atoms with Crippen LogP contribution in [0.3, 0.4) is 0 Å². The second kappa shape index (κ2) is 7.38. The van der Waals surface area contributed by atoms with Crippen molar-refractivity contribution in [1.82, 2.24) is 15.0 Å². The molecule has 28 heavy (non-hydrogen) atoms. The van der Waals surface area contributed by atoms with Gasteiger partial charge in [-0.2, -0.15) is 10.4 Å². The second-order valence-electron chi connectivity index (χ2n) is 6.75. The van der Waals surface area contributed by atoms with Crippen LogP contribution in [0.15, 0.2) is 47.7 Å². The van der Waals surface area contributed by atoms with Gasteiger partial charge in [-0.05, 0) is 41.5 Å². The number of nitriles is 1. The van der Waals surface area contributed by atoms with E-state index in [1.807, 2.05) is 42.5 Å². The zero-order valence-electron chi connectivity index (χ0n) is 15.4. The van der Waals surface area contributed by atoms with Gasteiger partial charge in [-0.1, -0.05) is 12.0 Å². The first-order valence-corrected chi connectivity index (χ1v) is 8.91. The van der Waals surface area contributed by atoms with Crippen LogP contribution >= 0.6 is 0 Å². The average molecular weight is 366 g/mol. The van der Waals surface area contributed by atoms with E-state index in [1.165, 1.54) is 0 Å². The Hall–Kier alpha value is -3.90. The van der Waals surface area contributed by atoms with Gasteiger partial charge in [-0.25, -0.2) is 9.97 Å². The molecule has 3 aromatic rings. The Labute approximate surface area is 163 Å². The molecular weight excluding hydrogens is 348 g/mol. The van der Waals surface area contributed by atoms with Crippen LogP contribution in [-0.4, -0.2) is 34.8 Å². The number of nitrogens with one attached hydrogen (secondary N) is 1. The minimum absolute atomic E-state index is 0.198. The lowest BCUT2D eigenvalue weighted by molar-refractivity contribution is 0.381. The first-order chi connectivity index (χ1) is 13.6. The molecule has 0 radical (unpaired) electrons. The van der Waals surface area contributed by atoms with Gasteiger partial charge < -0.3 is 5.32 Å². The molecule has 4 rings (SSSR count). The highest BCUT2D eigenvalue weighted by Gasteiger charge is 2.18. The van der Waals surface area contributed by atoms with Crippen LogP contribution in [0.5, 0.6) is 0 Å². The fourth-order valence-electron chi connectivity index (χ4n) is 3.28. The maximum Gasteiger partial charge on any atom is 0.227 e. The third kappa shape index (κ3) is 3.62. The van der Waals surface area contributed by atoms with Crippen molar-refractivity contribution in [3.05, 3.63) is 59.3 Å². The van der Waals surface area contributed by atoms with Crippen LogP contribution in [0.1, 0.15) is 22.6 Å². The standard InChI is InChI=1S/C22H18N6/c1-3-15-4-5-21-18(8-15)12-24-22(27-21)26-20-10-16(6-7-23)9-17(11-20)19-13-25-28(2)14-19/h1,4-5,8-13,19H,6,14H2,2H3,(H,24,26,27). The number of fused-ring (bicyclic) bond motifs is 1. The van der Waals surface area contributed by atoms with Crippen molar-refractivity contribution in [2.45, 2.75) is 12.3 Å². The van der Waals surface area contributed by atoms with Gasteiger partial charge in [0.05, 0.1) is 18.0 Å². The topological polar surface area (TPSA) is 77.2 Å². The molecule has 1 atom stereocenters. The van der Waals surface area contributed by atoms with Gasteiger partial charge in [-0.15, -0.1) is 6.42 Å². The quantitative estimate of drug-likeness (QED) is 0.716. The molecule has 6 heteroatoms. The van der Waals surface area contributed by atoms with Crippen LogP contribution in [0, 0.1) is 23.7 Å². The normalized spacial score (nSPS) is 15.4. The molecule has 0 saturated carbocycles. The second-order valence-corrected chi connectivity index (χ2v) is 6.75. The van der Waals surface area contributed by atoms with Crippen molar-refractivity contribution in [3.63, 3.8) is 0 Å². The van der Waals surface area contributed by atoms with Crippen molar-refractivity contribution in [1.29, 1.82) is 5.26 Å². The summed E-state index contributed by atoms with van der Waals surface area (Å²) in [6.07, 6.45) is 9.48. The number of nitrogens with zero attached hydrogens (tertiary/aromatic N) is 5. The van der Waals surface area contributed by atoms with Crippen molar-refractivity contribution < 1.29 is 0 Å². The van der Waals surface area contributed by atoms with Crippen LogP contribution in [0.2, 0.25) is 0 Å². The van der Waals surface area contributed by atoms with Crippen LogP contribution in [-0.2, 0) is 6.42 Å². The fourth-order valence-corrected chi connectivity index (χ4v) is 3.28. The summed E-state index contributed by atoms with van der Waals surface area (Å²) in [6, 6.07) is 13.9. The number of anilines is 2. The molecule has 0 spiro atoms. The first-order valence-electron chi connectivity index (χ1n) is 8.91. The summed E-state index contributed by atoms with van der Waals surface area (Å²) in [5, 5.41) is 19.5. The zero-order valence-corrected chi connectivity index (χ0v) is 15.4. The molecule has 1 aliphatic rings. The van der Waals surface area contributed by atoms with E-state index in [-0.39, 0.29) is 5.92 Å². The Bertz CT molecular complexity index is 1150. The van der Waals surface area contributed by atoms with Gasteiger partial charge in [0.1, 0.15) is 0 Å². The predicted molar refractivity (Wildman–Crippen MR) is 110 cm³/mol. The smallest absolute Gasteiger partial charge is 0.227 e. The third-order valence-corrected chi connectivity index (χ3v) is 4.63. The molecule has 1 N–H and O–H groups in total. The highest BCUT2D eigenvalue weighted by atomic mass is 15.4. The van der Waals surface area contributed by atoms with E-state index in [0.29, 0.717) is 12.4 Å². The lowest BCUT2D eigenvalue weighted by Gasteiger charge is -2.14. The Morgan fingerprint density at radius 3 is 2.93 bits per heavy atom. The highest BCUT2D eigenvalue weighted by molar-refractivity contribution is 5.80. The minimum Gasteiger partial charge on any atom is -0.324 e. The summed E-state index contributed by atoms with van der Waals surface area (Å²) in [5.41, 5.74) is 4.53. The van der Waals surface area contributed by atoms with Crippen molar-refractivity contribution >= 4 is 28.8 Å². The Balaban J connectivity index is 1.66. The number of benzene rings is 2. The van der Waals surface area contributed by atoms with E-state index in [4.69, 9.17) is 11.7 Å². The monoisotopic (exact) mass is 366 g/mol. The van der Waals surface area contributed by atoms with Gasteiger partial charge in [0.25, 0.3) is 0 Å². The van der Waals surface area contributed by atoms with Gasteiger partial charge in [-0.3, -0.25) is 5.01 Å². The molecular formula is C22H18N6. The Kier molecular flexibility index (Phi) is 4.62. The van der Waals surface area contributed by atoms with E-state index in [1.54, 1.807) is 6.20 Å². The summed E-state index contributed by atoms with van der Waals surface area (Å²) in [7, 11) is 1.95. The molecule has 0 saturated heterocycles. The van der Waals surface area contributed by atoms with Crippen LogP contribution in [0.4, 0.5) is 11.6 Å². The van der Waals surface area contributed by atoms with Gasteiger partial charge in [0.2, 0.25) is 5.95 Å². The van der Waals surface area contributed by atoms with E-state index in [9.17, 15) is 0 Å².